The maximum absolute atomic E-state index is 9.98. The highest BCUT2D eigenvalue weighted by molar-refractivity contribution is 7.80. The zero-order valence-corrected chi connectivity index (χ0v) is 8.93. The molecule has 15 heavy (non-hydrogen) atoms. The first-order valence-corrected chi connectivity index (χ1v) is 4.57. The third kappa shape index (κ3) is 3.82. The number of hydrazine groups is 1. The van der Waals surface area contributed by atoms with Crippen molar-refractivity contribution in [3.8, 4) is 5.75 Å². The molecule has 0 atom stereocenters. The predicted octanol–water partition coefficient (Wildman–Crippen LogP) is 0.643. The van der Waals surface area contributed by atoms with Crippen LogP contribution in [0.4, 0.5) is 5.69 Å². The van der Waals surface area contributed by atoms with Crippen molar-refractivity contribution in [2.75, 3.05) is 12.4 Å². The lowest BCUT2D eigenvalue weighted by Crippen LogP contribution is -2.39. The van der Waals surface area contributed by atoms with E-state index in [0.29, 0.717) is 11.5 Å². The van der Waals surface area contributed by atoms with E-state index in [-0.39, 0.29) is 0 Å². The zero-order chi connectivity index (χ0) is 11.1. The van der Waals surface area contributed by atoms with Gasteiger partial charge in [-0.2, -0.15) is 0 Å². The molecule has 6 heteroatoms. The second-order valence-corrected chi connectivity index (χ2v) is 2.98. The Bertz CT molecular complexity index is 357. The van der Waals surface area contributed by atoms with Gasteiger partial charge in [0.2, 0.25) is 6.41 Å². The molecule has 1 rings (SSSR count). The molecule has 0 unspecified atom stereocenters. The largest absolute Gasteiger partial charge is 0.497 e. The van der Waals surface area contributed by atoms with Crippen molar-refractivity contribution >= 4 is 29.4 Å². The number of carbonyl (C=O) groups is 1. The van der Waals surface area contributed by atoms with Gasteiger partial charge in [0.25, 0.3) is 0 Å². The fraction of sp³-hybridized carbons (Fsp3) is 0.111. The minimum absolute atomic E-state index is 0.301. The van der Waals surface area contributed by atoms with Crippen LogP contribution >= 0.6 is 12.2 Å². The van der Waals surface area contributed by atoms with Crippen LogP contribution in [0, 0.1) is 0 Å². The van der Waals surface area contributed by atoms with Crippen molar-refractivity contribution in [2.45, 2.75) is 0 Å². The Morgan fingerprint density at radius 3 is 3.00 bits per heavy atom. The second kappa shape index (κ2) is 5.82. The van der Waals surface area contributed by atoms with E-state index < -0.39 is 0 Å². The van der Waals surface area contributed by atoms with E-state index in [2.05, 4.69) is 16.2 Å². The molecule has 0 radical (unpaired) electrons. The Balaban J connectivity index is 2.55. The molecule has 0 heterocycles. The quantitative estimate of drug-likeness (QED) is 0.399. The fourth-order valence-corrected chi connectivity index (χ4v) is 1.13. The van der Waals surface area contributed by atoms with E-state index in [1.54, 1.807) is 13.2 Å². The molecular formula is C9H11N3O2S. The number of anilines is 1. The van der Waals surface area contributed by atoms with Gasteiger partial charge in [-0.05, 0) is 24.4 Å². The average Bonchev–Trinajstić information content (AvgIpc) is 2.26. The highest BCUT2D eigenvalue weighted by Crippen LogP contribution is 2.16. The van der Waals surface area contributed by atoms with Gasteiger partial charge in [-0.15, -0.1) is 0 Å². The van der Waals surface area contributed by atoms with Gasteiger partial charge in [0.1, 0.15) is 5.75 Å². The molecule has 3 N–H and O–H groups in total. The molecule has 1 amide bonds. The van der Waals surface area contributed by atoms with E-state index in [0.717, 1.165) is 11.4 Å². The average molecular weight is 225 g/mol. The van der Waals surface area contributed by atoms with Gasteiger partial charge in [-0.25, -0.2) is 0 Å². The summed E-state index contributed by atoms with van der Waals surface area (Å²) in [5.41, 5.74) is 5.49. The molecule has 0 aliphatic heterocycles. The molecule has 80 valence electrons. The lowest BCUT2D eigenvalue weighted by atomic mass is 10.3. The van der Waals surface area contributed by atoms with Gasteiger partial charge in [-0.1, -0.05) is 6.07 Å². The molecule has 0 aliphatic carbocycles. The standard InChI is InChI=1S/C9H11N3O2S/c1-14-8-4-2-3-7(5-8)11-9(15)12-10-6-13/h2-6H,1H3,(H,10,13)(H2,11,12,15). The summed E-state index contributed by atoms with van der Waals surface area (Å²) < 4.78 is 5.04. The number of amides is 1. The summed E-state index contributed by atoms with van der Waals surface area (Å²) in [5.74, 6) is 0.728. The first-order chi connectivity index (χ1) is 7.26. The number of benzene rings is 1. The number of hydrogen-bond acceptors (Lipinski definition) is 3. The van der Waals surface area contributed by atoms with Crippen molar-refractivity contribution in [1.82, 2.24) is 10.9 Å². The fourth-order valence-electron chi connectivity index (χ4n) is 0.958. The summed E-state index contributed by atoms with van der Waals surface area (Å²) in [5, 5.41) is 3.17. The van der Waals surface area contributed by atoms with E-state index >= 15 is 0 Å². The summed E-state index contributed by atoms with van der Waals surface area (Å²) in [6, 6.07) is 7.27. The molecule has 0 saturated heterocycles. The van der Waals surface area contributed by atoms with E-state index in [1.165, 1.54) is 0 Å². The monoisotopic (exact) mass is 225 g/mol. The van der Waals surface area contributed by atoms with Gasteiger partial charge in [0.15, 0.2) is 5.11 Å². The van der Waals surface area contributed by atoms with Crippen LogP contribution in [0.15, 0.2) is 24.3 Å². The second-order valence-electron chi connectivity index (χ2n) is 2.57. The Labute approximate surface area is 92.8 Å². The smallest absolute Gasteiger partial charge is 0.225 e. The van der Waals surface area contributed by atoms with Crippen molar-refractivity contribution in [3.05, 3.63) is 24.3 Å². The minimum atomic E-state index is 0.301. The molecule has 5 nitrogen and oxygen atoms in total. The van der Waals surface area contributed by atoms with Crippen molar-refractivity contribution in [2.24, 2.45) is 0 Å². The maximum atomic E-state index is 9.98. The molecule has 0 aliphatic rings. The molecule has 0 spiro atoms. The Hall–Kier alpha value is -1.82. The van der Waals surface area contributed by atoms with Crippen LogP contribution in [0.25, 0.3) is 0 Å². The van der Waals surface area contributed by atoms with Gasteiger partial charge >= 0.3 is 0 Å². The molecular weight excluding hydrogens is 214 g/mol. The van der Waals surface area contributed by atoms with E-state index in [9.17, 15) is 4.79 Å². The van der Waals surface area contributed by atoms with Crippen LogP contribution in [0.1, 0.15) is 0 Å². The van der Waals surface area contributed by atoms with Gasteiger partial charge < -0.3 is 10.1 Å². The van der Waals surface area contributed by atoms with E-state index in [4.69, 9.17) is 17.0 Å². The first kappa shape index (κ1) is 11.3. The summed E-state index contributed by atoms with van der Waals surface area (Å²) in [4.78, 5) is 9.98. The summed E-state index contributed by atoms with van der Waals surface area (Å²) in [7, 11) is 1.59. The summed E-state index contributed by atoms with van der Waals surface area (Å²) >= 11 is 4.90. The molecule has 0 saturated carbocycles. The zero-order valence-electron chi connectivity index (χ0n) is 8.11. The minimum Gasteiger partial charge on any atom is -0.497 e. The molecule has 0 aromatic heterocycles. The number of nitrogens with one attached hydrogen (secondary N) is 3. The summed E-state index contributed by atoms with van der Waals surface area (Å²) in [6.07, 6.45) is 0.500. The number of methoxy groups -OCH3 is 1. The molecule has 0 fully saturated rings. The lowest BCUT2D eigenvalue weighted by Gasteiger charge is -2.09. The van der Waals surface area contributed by atoms with Crippen molar-refractivity contribution in [1.29, 1.82) is 0 Å². The number of carbonyl (C=O) groups excluding carboxylic acids is 1. The van der Waals surface area contributed by atoms with Crippen LogP contribution in [-0.2, 0) is 4.79 Å². The topological polar surface area (TPSA) is 62.4 Å². The van der Waals surface area contributed by atoms with Crippen LogP contribution in [0.2, 0.25) is 0 Å². The van der Waals surface area contributed by atoms with Crippen LogP contribution in [0.5, 0.6) is 5.75 Å². The molecule has 1 aromatic carbocycles. The highest BCUT2D eigenvalue weighted by atomic mass is 32.1. The van der Waals surface area contributed by atoms with Crippen LogP contribution < -0.4 is 20.9 Å². The first-order valence-electron chi connectivity index (χ1n) is 4.16. The van der Waals surface area contributed by atoms with Crippen molar-refractivity contribution < 1.29 is 9.53 Å². The number of ether oxygens (including phenoxy) is 1. The van der Waals surface area contributed by atoms with Crippen LogP contribution in [0.3, 0.4) is 0 Å². The molecule has 1 aromatic rings. The Kier molecular flexibility index (Phi) is 4.36. The summed E-state index contributed by atoms with van der Waals surface area (Å²) in [6.45, 7) is 0. The number of thiocarbonyl (C=S) groups is 1. The van der Waals surface area contributed by atoms with Gasteiger partial charge in [0.05, 0.1) is 7.11 Å². The number of hydrogen-bond donors (Lipinski definition) is 3. The normalized spacial score (nSPS) is 8.87. The molecule has 0 bridgehead atoms. The Morgan fingerprint density at radius 1 is 1.53 bits per heavy atom. The Morgan fingerprint density at radius 2 is 2.33 bits per heavy atom. The predicted molar refractivity (Wildman–Crippen MR) is 61.6 cm³/mol. The van der Waals surface area contributed by atoms with Crippen LogP contribution in [-0.4, -0.2) is 18.6 Å². The lowest BCUT2D eigenvalue weighted by molar-refractivity contribution is -0.110. The van der Waals surface area contributed by atoms with Crippen molar-refractivity contribution in [3.63, 3.8) is 0 Å². The third-order valence-corrected chi connectivity index (χ3v) is 1.78. The van der Waals surface area contributed by atoms with Gasteiger partial charge in [-0.3, -0.25) is 15.6 Å². The highest BCUT2D eigenvalue weighted by Gasteiger charge is 1.97. The van der Waals surface area contributed by atoms with E-state index in [1.807, 2.05) is 18.2 Å². The third-order valence-electron chi connectivity index (χ3n) is 1.57. The maximum Gasteiger partial charge on any atom is 0.225 e. The number of rotatable bonds is 4. The van der Waals surface area contributed by atoms with Gasteiger partial charge in [0, 0.05) is 11.8 Å². The SMILES string of the molecule is COc1cccc(NC(=S)NNC=O)c1.